The number of carboxylic acid groups (broad SMARTS) is 1. The Hall–Kier alpha value is -4.59. The molecule has 8 nitrogen and oxygen atoms in total. The zero-order valence-corrected chi connectivity index (χ0v) is 19.4. The summed E-state index contributed by atoms with van der Waals surface area (Å²) in [6.07, 6.45) is -0.980. The van der Waals surface area contributed by atoms with Gasteiger partial charge in [0.2, 0.25) is 0 Å². The number of ether oxygens (including phenoxy) is 2. The summed E-state index contributed by atoms with van der Waals surface area (Å²) in [6, 6.07) is 20.7. The van der Waals surface area contributed by atoms with E-state index in [1.807, 2.05) is 48.5 Å². The Morgan fingerprint density at radius 3 is 2.31 bits per heavy atom. The van der Waals surface area contributed by atoms with E-state index in [0.717, 1.165) is 22.3 Å². The first kappa shape index (κ1) is 23.2. The zero-order chi connectivity index (χ0) is 25.2. The molecule has 0 spiro atoms. The van der Waals surface area contributed by atoms with Crippen LogP contribution in [0.15, 0.2) is 82.0 Å². The summed E-state index contributed by atoms with van der Waals surface area (Å²) in [7, 11) is 1.49. The molecule has 1 heterocycles. The summed E-state index contributed by atoms with van der Waals surface area (Å²) in [6.45, 7) is 0.0594. The highest BCUT2D eigenvalue weighted by Gasteiger charge is 2.30. The lowest BCUT2D eigenvalue weighted by Gasteiger charge is -2.18. The molecule has 0 radical (unpaired) electrons. The average molecular weight is 485 g/mol. The van der Waals surface area contributed by atoms with Gasteiger partial charge in [-0.3, -0.25) is 0 Å². The van der Waals surface area contributed by atoms with Crippen molar-refractivity contribution in [3.8, 4) is 16.9 Å². The Labute approximate surface area is 206 Å². The maximum atomic E-state index is 12.6. The molecule has 3 aromatic carbocycles. The molecule has 1 amide bonds. The van der Waals surface area contributed by atoms with Gasteiger partial charge in [0.15, 0.2) is 0 Å². The highest BCUT2D eigenvalue weighted by Crippen LogP contribution is 2.44. The highest BCUT2D eigenvalue weighted by molar-refractivity contribution is 5.85. The molecule has 1 aromatic heterocycles. The van der Waals surface area contributed by atoms with Crippen molar-refractivity contribution < 1.29 is 28.6 Å². The minimum Gasteiger partial charge on any atom is -0.497 e. The number of nitrogens with one attached hydrogen (secondary N) is 1. The van der Waals surface area contributed by atoms with E-state index < -0.39 is 23.7 Å². The molecule has 8 heteroatoms. The number of carbonyl (C=O) groups excluding carboxylic acids is 1. The summed E-state index contributed by atoms with van der Waals surface area (Å²) in [5.74, 6) is -0.906. The molecule has 182 valence electrons. The van der Waals surface area contributed by atoms with Crippen molar-refractivity contribution in [1.82, 2.24) is 5.32 Å². The lowest BCUT2D eigenvalue weighted by Crippen LogP contribution is -2.43. The molecule has 1 aliphatic rings. The molecular formula is C28H23NO7. The molecule has 36 heavy (non-hydrogen) atoms. The second-order valence-electron chi connectivity index (χ2n) is 8.52. The lowest BCUT2D eigenvalue weighted by molar-refractivity contribution is -0.139. The number of carboxylic acids is 1. The molecular weight excluding hydrogens is 462 g/mol. The fraction of sp³-hybridized carbons (Fsp3) is 0.179. The fourth-order valence-corrected chi connectivity index (χ4v) is 4.71. The fourth-order valence-electron chi connectivity index (χ4n) is 4.71. The van der Waals surface area contributed by atoms with Crippen LogP contribution in [0.2, 0.25) is 0 Å². The van der Waals surface area contributed by atoms with E-state index in [0.29, 0.717) is 16.7 Å². The van der Waals surface area contributed by atoms with Gasteiger partial charge in [-0.15, -0.1) is 0 Å². The Balaban J connectivity index is 1.32. The van der Waals surface area contributed by atoms with E-state index in [1.165, 1.54) is 13.2 Å². The van der Waals surface area contributed by atoms with Gasteiger partial charge in [-0.05, 0) is 39.9 Å². The average Bonchev–Trinajstić information content (AvgIpc) is 3.20. The van der Waals surface area contributed by atoms with E-state index in [1.54, 1.807) is 18.2 Å². The molecule has 0 fully saturated rings. The van der Waals surface area contributed by atoms with Gasteiger partial charge in [-0.2, -0.15) is 0 Å². The number of hydrogen-bond acceptors (Lipinski definition) is 6. The molecule has 2 N–H and O–H groups in total. The number of methoxy groups -OCH3 is 1. The van der Waals surface area contributed by atoms with Gasteiger partial charge in [-0.1, -0.05) is 48.5 Å². The number of carbonyl (C=O) groups is 2. The first-order valence-corrected chi connectivity index (χ1v) is 11.4. The molecule has 5 rings (SSSR count). The third-order valence-corrected chi connectivity index (χ3v) is 6.40. The van der Waals surface area contributed by atoms with E-state index in [-0.39, 0.29) is 24.5 Å². The third kappa shape index (κ3) is 4.40. The highest BCUT2D eigenvalue weighted by atomic mass is 16.5. The topological polar surface area (TPSA) is 115 Å². The molecule has 1 atom stereocenters. The Bertz CT molecular complexity index is 1480. The second kappa shape index (κ2) is 9.58. The van der Waals surface area contributed by atoms with Gasteiger partial charge in [0, 0.05) is 29.9 Å². The number of amides is 1. The number of rotatable bonds is 7. The van der Waals surface area contributed by atoms with Crippen LogP contribution in [-0.2, 0) is 16.0 Å². The van der Waals surface area contributed by atoms with Crippen molar-refractivity contribution in [2.75, 3.05) is 13.7 Å². The Kier molecular flexibility index (Phi) is 6.16. The maximum Gasteiger partial charge on any atom is 0.407 e. The maximum absolute atomic E-state index is 12.6. The Morgan fingerprint density at radius 2 is 1.67 bits per heavy atom. The first-order valence-electron chi connectivity index (χ1n) is 11.4. The Morgan fingerprint density at radius 1 is 1.00 bits per heavy atom. The predicted molar refractivity (Wildman–Crippen MR) is 132 cm³/mol. The van der Waals surface area contributed by atoms with Crippen molar-refractivity contribution in [2.24, 2.45) is 0 Å². The van der Waals surface area contributed by atoms with Crippen LogP contribution >= 0.6 is 0 Å². The minimum atomic E-state index is -1.31. The molecule has 0 unspecified atom stereocenters. The van der Waals surface area contributed by atoms with Crippen molar-refractivity contribution in [2.45, 2.75) is 18.4 Å². The van der Waals surface area contributed by atoms with Crippen LogP contribution in [-0.4, -0.2) is 36.9 Å². The van der Waals surface area contributed by atoms with Crippen LogP contribution in [0.1, 0.15) is 22.6 Å². The minimum absolute atomic E-state index is 0.0594. The van der Waals surface area contributed by atoms with Gasteiger partial charge in [0.05, 0.1) is 7.11 Å². The van der Waals surface area contributed by atoms with Crippen LogP contribution < -0.4 is 15.7 Å². The van der Waals surface area contributed by atoms with Gasteiger partial charge >= 0.3 is 17.7 Å². The van der Waals surface area contributed by atoms with Crippen molar-refractivity contribution in [3.63, 3.8) is 0 Å². The van der Waals surface area contributed by atoms with Crippen LogP contribution in [0.25, 0.3) is 22.1 Å². The van der Waals surface area contributed by atoms with Gasteiger partial charge in [0.25, 0.3) is 0 Å². The van der Waals surface area contributed by atoms with Crippen LogP contribution in [0.4, 0.5) is 4.79 Å². The smallest absolute Gasteiger partial charge is 0.407 e. The quantitative estimate of drug-likeness (QED) is 0.374. The van der Waals surface area contributed by atoms with E-state index in [4.69, 9.17) is 13.9 Å². The predicted octanol–water partition coefficient (Wildman–Crippen LogP) is 4.34. The summed E-state index contributed by atoms with van der Waals surface area (Å²) in [4.78, 5) is 36.7. The van der Waals surface area contributed by atoms with Crippen LogP contribution in [0, 0.1) is 0 Å². The van der Waals surface area contributed by atoms with Gasteiger partial charge in [0.1, 0.15) is 24.0 Å². The van der Waals surface area contributed by atoms with Crippen molar-refractivity contribution in [1.29, 1.82) is 0 Å². The molecule has 1 aliphatic carbocycles. The zero-order valence-electron chi connectivity index (χ0n) is 19.4. The lowest BCUT2D eigenvalue weighted by atomic mass is 9.98. The summed E-state index contributed by atoms with van der Waals surface area (Å²) in [5.41, 5.74) is 4.36. The number of hydrogen-bond donors (Lipinski definition) is 2. The molecule has 0 aliphatic heterocycles. The van der Waals surface area contributed by atoms with Gasteiger partial charge < -0.3 is 24.3 Å². The second-order valence-corrected chi connectivity index (χ2v) is 8.52. The van der Waals surface area contributed by atoms with E-state index in [2.05, 4.69) is 5.32 Å². The summed E-state index contributed by atoms with van der Waals surface area (Å²) >= 11 is 0. The number of aliphatic carboxylic acids is 1. The number of benzene rings is 3. The van der Waals surface area contributed by atoms with Gasteiger partial charge in [-0.25, -0.2) is 14.4 Å². The SMILES string of the molecule is COc1ccc2c(C[C@H](NC(=O)OCC3c4ccccc4-c4ccccc43)C(=O)O)cc(=O)oc2c1. The van der Waals surface area contributed by atoms with Crippen molar-refractivity contribution >= 4 is 23.0 Å². The number of alkyl carbamates (subject to hydrolysis) is 1. The van der Waals surface area contributed by atoms with Crippen molar-refractivity contribution in [3.05, 3.63) is 99.9 Å². The molecule has 0 bridgehead atoms. The molecule has 0 saturated heterocycles. The standard InChI is InChI=1S/C28H23NO7/c1-34-17-10-11-18-16(13-26(30)36-25(18)14-17)12-24(27(31)32)29-28(33)35-15-23-21-8-4-2-6-19(21)20-7-3-5-9-22(20)23/h2-11,13-14,23-24H,12,15H2,1H3,(H,29,33)(H,31,32)/t24-/m0/s1. The van der Waals surface area contributed by atoms with Crippen LogP contribution in [0.5, 0.6) is 5.75 Å². The summed E-state index contributed by atoms with van der Waals surface area (Å²) < 4.78 is 15.9. The van der Waals surface area contributed by atoms with E-state index >= 15 is 0 Å². The normalized spacial score (nSPS) is 13.0. The largest absolute Gasteiger partial charge is 0.497 e. The molecule has 4 aromatic rings. The monoisotopic (exact) mass is 485 g/mol. The third-order valence-electron chi connectivity index (χ3n) is 6.40. The van der Waals surface area contributed by atoms with Crippen LogP contribution in [0.3, 0.4) is 0 Å². The number of fused-ring (bicyclic) bond motifs is 4. The molecule has 0 saturated carbocycles. The summed E-state index contributed by atoms with van der Waals surface area (Å²) in [5, 5.41) is 12.7. The van der Waals surface area contributed by atoms with E-state index in [9.17, 15) is 19.5 Å². The first-order chi connectivity index (χ1) is 17.4.